The lowest BCUT2D eigenvalue weighted by Crippen LogP contribution is -2.40. The Labute approximate surface area is 180 Å². The van der Waals surface area contributed by atoms with Crippen LogP contribution in [0.2, 0.25) is 0 Å². The van der Waals surface area contributed by atoms with Gasteiger partial charge < -0.3 is 14.2 Å². The number of carbonyl (C=O) groups is 1. The molecule has 0 bridgehead atoms. The zero-order valence-electron chi connectivity index (χ0n) is 17.3. The predicted octanol–water partition coefficient (Wildman–Crippen LogP) is 4.46. The summed E-state index contributed by atoms with van der Waals surface area (Å²) in [6.07, 6.45) is 2.89. The lowest BCUT2D eigenvalue weighted by atomic mass is 10.1. The summed E-state index contributed by atoms with van der Waals surface area (Å²) in [6.45, 7) is 3.24. The first kappa shape index (κ1) is 20.6. The molecule has 0 N–H and O–H groups in total. The number of hydrogen-bond donors (Lipinski definition) is 0. The second-order valence-corrected chi connectivity index (χ2v) is 8.20. The van der Waals surface area contributed by atoms with E-state index in [9.17, 15) is 4.79 Å². The number of fused-ring (bicyclic) bond motifs is 1. The van der Waals surface area contributed by atoms with Crippen LogP contribution >= 0.6 is 11.3 Å². The maximum Gasteiger partial charge on any atom is 0.266 e. The van der Waals surface area contributed by atoms with Gasteiger partial charge in [0.25, 0.3) is 5.91 Å². The molecule has 0 spiro atoms. The van der Waals surface area contributed by atoms with Gasteiger partial charge in [-0.05, 0) is 43.0 Å². The van der Waals surface area contributed by atoms with Gasteiger partial charge in [-0.1, -0.05) is 42.5 Å². The van der Waals surface area contributed by atoms with E-state index in [1.165, 1.54) is 16.9 Å². The van der Waals surface area contributed by atoms with Gasteiger partial charge in [-0.15, -0.1) is 0 Å². The Kier molecular flexibility index (Phi) is 6.50. The van der Waals surface area contributed by atoms with Crippen LogP contribution in [0.15, 0.2) is 42.5 Å². The average Bonchev–Trinajstić information content (AvgIpc) is 3.45. The molecule has 0 saturated carbocycles. The summed E-state index contributed by atoms with van der Waals surface area (Å²) in [7, 11) is 1.58. The predicted molar refractivity (Wildman–Crippen MR) is 119 cm³/mol. The fourth-order valence-corrected chi connectivity index (χ4v) is 4.67. The minimum atomic E-state index is -0.145. The largest absolute Gasteiger partial charge is 0.493 e. The summed E-state index contributed by atoms with van der Waals surface area (Å²) in [4.78, 5) is 19.7. The van der Waals surface area contributed by atoms with Crippen molar-refractivity contribution in [2.24, 2.45) is 0 Å². The number of anilines is 1. The third-order valence-electron chi connectivity index (χ3n) is 5.23. The Hall–Kier alpha value is -2.64. The summed E-state index contributed by atoms with van der Waals surface area (Å²) in [5.41, 5.74) is 2.15. The standard InChI is InChI=1S/C23H26N2O4S/c1-3-16-8-6-12-20-22(16)24-23(30-20)25(14-17-9-7-13-28-17)21(26)15-29-19-11-5-4-10-18(19)27-2/h4-6,8,10-12,17H,3,7,9,13-15H2,1-2H3. The molecule has 158 valence electrons. The highest BCUT2D eigenvalue weighted by molar-refractivity contribution is 7.22. The molecule has 6 nitrogen and oxygen atoms in total. The molecule has 1 unspecified atom stereocenters. The van der Waals surface area contributed by atoms with E-state index in [2.05, 4.69) is 19.1 Å². The highest BCUT2D eigenvalue weighted by atomic mass is 32.1. The Morgan fingerprint density at radius 1 is 1.23 bits per heavy atom. The van der Waals surface area contributed by atoms with Gasteiger partial charge in [0.2, 0.25) is 0 Å². The summed E-state index contributed by atoms with van der Waals surface area (Å²) in [6, 6.07) is 13.5. The van der Waals surface area contributed by atoms with Gasteiger partial charge in [0.15, 0.2) is 23.2 Å². The summed E-state index contributed by atoms with van der Waals surface area (Å²) in [5.74, 6) is 1.00. The molecule has 2 heterocycles. The van der Waals surface area contributed by atoms with Crippen LogP contribution < -0.4 is 14.4 Å². The molecular formula is C23H26N2O4S. The fourth-order valence-electron chi connectivity index (χ4n) is 3.63. The van der Waals surface area contributed by atoms with Crippen molar-refractivity contribution < 1.29 is 19.0 Å². The first-order valence-corrected chi connectivity index (χ1v) is 11.1. The maximum absolute atomic E-state index is 13.2. The molecule has 7 heteroatoms. The number of carbonyl (C=O) groups excluding carboxylic acids is 1. The summed E-state index contributed by atoms with van der Waals surface area (Å²) < 4.78 is 18.0. The zero-order valence-corrected chi connectivity index (χ0v) is 18.1. The lowest BCUT2D eigenvalue weighted by molar-refractivity contribution is -0.121. The second-order valence-electron chi connectivity index (χ2n) is 7.19. The van der Waals surface area contributed by atoms with Crippen LogP contribution in [0.3, 0.4) is 0 Å². The molecular weight excluding hydrogens is 400 g/mol. The summed E-state index contributed by atoms with van der Waals surface area (Å²) >= 11 is 1.53. The van der Waals surface area contributed by atoms with E-state index in [1.54, 1.807) is 18.1 Å². The van der Waals surface area contributed by atoms with Crippen molar-refractivity contribution in [1.29, 1.82) is 0 Å². The molecule has 1 fully saturated rings. The molecule has 1 aromatic heterocycles. The molecule has 2 aromatic carbocycles. The normalized spacial score (nSPS) is 16.0. The number of thiazole rings is 1. The Balaban J connectivity index is 1.58. The van der Waals surface area contributed by atoms with Crippen molar-refractivity contribution >= 4 is 32.6 Å². The number of amides is 1. The smallest absolute Gasteiger partial charge is 0.266 e. The van der Waals surface area contributed by atoms with Gasteiger partial charge >= 0.3 is 0 Å². The van der Waals surface area contributed by atoms with E-state index < -0.39 is 0 Å². The minimum absolute atomic E-state index is 0.0258. The number of nitrogens with zero attached hydrogens (tertiary/aromatic N) is 2. The number of aromatic nitrogens is 1. The van der Waals surface area contributed by atoms with Crippen molar-refractivity contribution in [1.82, 2.24) is 4.98 Å². The second kappa shape index (κ2) is 9.45. The summed E-state index contributed by atoms with van der Waals surface area (Å²) in [5, 5.41) is 0.690. The first-order chi connectivity index (χ1) is 14.7. The molecule has 1 saturated heterocycles. The van der Waals surface area contributed by atoms with Gasteiger partial charge in [-0.25, -0.2) is 4.98 Å². The maximum atomic E-state index is 13.2. The van der Waals surface area contributed by atoms with E-state index in [0.29, 0.717) is 23.2 Å². The average molecular weight is 427 g/mol. The number of methoxy groups -OCH3 is 1. The van der Waals surface area contributed by atoms with Crippen molar-refractivity contribution in [3.63, 3.8) is 0 Å². The monoisotopic (exact) mass is 426 g/mol. The van der Waals surface area contributed by atoms with Gasteiger partial charge in [-0.3, -0.25) is 9.69 Å². The van der Waals surface area contributed by atoms with E-state index in [1.807, 2.05) is 24.3 Å². The van der Waals surface area contributed by atoms with Crippen molar-refractivity contribution in [3.8, 4) is 11.5 Å². The number of aryl methyl sites for hydroxylation is 1. The van der Waals surface area contributed by atoms with Crippen LogP contribution in [0.1, 0.15) is 25.3 Å². The van der Waals surface area contributed by atoms with Gasteiger partial charge in [0.1, 0.15) is 0 Å². The van der Waals surface area contributed by atoms with Crippen LogP contribution in [-0.4, -0.2) is 43.9 Å². The van der Waals surface area contributed by atoms with Crippen LogP contribution in [0.25, 0.3) is 10.2 Å². The molecule has 1 aliphatic heterocycles. The Bertz CT molecular complexity index is 1010. The third-order valence-corrected chi connectivity index (χ3v) is 6.28. The molecule has 1 amide bonds. The van der Waals surface area contributed by atoms with Gasteiger partial charge in [0.05, 0.1) is 30.0 Å². The van der Waals surface area contributed by atoms with E-state index in [0.717, 1.165) is 36.1 Å². The van der Waals surface area contributed by atoms with Crippen LogP contribution in [-0.2, 0) is 16.0 Å². The number of para-hydroxylation sites is 3. The fraction of sp³-hybridized carbons (Fsp3) is 0.391. The van der Waals surface area contributed by atoms with Crippen LogP contribution in [0, 0.1) is 0 Å². The van der Waals surface area contributed by atoms with E-state index >= 15 is 0 Å². The first-order valence-electron chi connectivity index (χ1n) is 10.3. The number of rotatable bonds is 8. The number of ether oxygens (including phenoxy) is 3. The zero-order chi connectivity index (χ0) is 20.9. The quantitative estimate of drug-likeness (QED) is 0.532. The molecule has 4 rings (SSSR count). The number of benzene rings is 2. The molecule has 1 aliphatic rings. The van der Waals surface area contributed by atoms with Gasteiger partial charge in [0, 0.05) is 6.61 Å². The third kappa shape index (κ3) is 4.42. The number of hydrogen-bond acceptors (Lipinski definition) is 6. The minimum Gasteiger partial charge on any atom is -0.493 e. The van der Waals surface area contributed by atoms with Crippen molar-refractivity contribution in [2.75, 3.05) is 31.8 Å². The lowest BCUT2D eigenvalue weighted by Gasteiger charge is -2.23. The van der Waals surface area contributed by atoms with Crippen molar-refractivity contribution in [3.05, 3.63) is 48.0 Å². The van der Waals surface area contributed by atoms with Crippen LogP contribution in [0.5, 0.6) is 11.5 Å². The van der Waals surface area contributed by atoms with Crippen LogP contribution in [0.4, 0.5) is 5.13 Å². The molecule has 3 aromatic rings. The highest BCUT2D eigenvalue weighted by Crippen LogP contribution is 2.32. The molecule has 1 atom stereocenters. The molecule has 0 radical (unpaired) electrons. The highest BCUT2D eigenvalue weighted by Gasteiger charge is 2.27. The topological polar surface area (TPSA) is 60.9 Å². The molecule has 30 heavy (non-hydrogen) atoms. The van der Waals surface area contributed by atoms with Gasteiger partial charge in [-0.2, -0.15) is 0 Å². The SMILES string of the molecule is CCc1cccc2sc(N(CC3CCCO3)C(=O)COc3ccccc3OC)nc12. The van der Waals surface area contributed by atoms with Crippen molar-refractivity contribution in [2.45, 2.75) is 32.3 Å². The molecule has 0 aliphatic carbocycles. The Morgan fingerprint density at radius 2 is 2.07 bits per heavy atom. The van der Waals surface area contributed by atoms with E-state index in [-0.39, 0.29) is 18.6 Å². The van der Waals surface area contributed by atoms with E-state index in [4.69, 9.17) is 19.2 Å². The Morgan fingerprint density at radius 3 is 2.80 bits per heavy atom.